The quantitative estimate of drug-likeness (QED) is 0.594. The van der Waals surface area contributed by atoms with Crippen molar-refractivity contribution in [1.29, 1.82) is 0 Å². The molecule has 0 radical (unpaired) electrons. The SMILES string of the molecule is Cc1onc(-c2ccccc2Cl)c1C(=O)N1CCCC(Oc2nccnc2N(C)C)C1. The Morgan fingerprint density at radius 3 is 2.81 bits per heavy atom. The smallest absolute Gasteiger partial charge is 0.259 e. The Morgan fingerprint density at radius 2 is 2.03 bits per heavy atom. The molecule has 1 aromatic carbocycles. The van der Waals surface area contributed by atoms with Crippen LogP contribution >= 0.6 is 11.6 Å². The number of benzene rings is 1. The van der Waals surface area contributed by atoms with Crippen LogP contribution in [0.4, 0.5) is 5.82 Å². The number of amides is 1. The van der Waals surface area contributed by atoms with Crippen LogP contribution in [0.25, 0.3) is 11.3 Å². The average molecular weight is 442 g/mol. The first-order chi connectivity index (χ1) is 15.0. The Morgan fingerprint density at radius 1 is 1.26 bits per heavy atom. The lowest BCUT2D eigenvalue weighted by Crippen LogP contribution is -2.44. The van der Waals surface area contributed by atoms with Gasteiger partial charge in [-0.25, -0.2) is 9.97 Å². The lowest BCUT2D eigenvalue weighted by Gasteiger charge is -2.33. The van der Waals surface area contributed by atoms with E-state index in [0.717, 1.165) is 12.8 Å². The molecule has 1 unspecified atom stereocenters. The zero-order valence-electron chi connectivity index (χ0n) is 17.7. The first-order valence-electron chi connectivity index (χ1n) is 10.1. The van der Waals surface area contributed by atoms with Crippen molar-refractivity contribution < 1.29 is 14.1 Å². The number of carbonyl (C=O) groups is 1. The van der Waals surface area contributed by atoms with Crippen LogP contribution in [0.1, 0.15) is 29.0 Å². The van der Waals surface area contributed by atoms with E-state index in [1.807, 2.05) is 37.2 Å². The molecule has 1 atom stereocenters. The molecule has 1 fully saturated rings. The number of likely N-dealkylation sites (tertiary alicyclic amines) is 1. The van der Waals surface area contributed by atoms with Gasteiger partial charge in [-0.2, -0.15) is 0 Å². The molecule has 1 amide bonds. The van der Waals surface area contributed by atoms with Gasteiger partial charge in [-0.1, -0.05) is 35.0 Å². The van der Waals surface area contributed by atoms with Crippen LogP contribution in [0, 0.1) is 6.92 Å². The maximum Gasteiger partial charge on any atom is 0.259 e. The summed E-state index contributed by atoms with van der Waals surface area (Å²) >= 11 is 6.34. The molecule has 4 rings (SSSR count). The van der Waals surface area contributed by atoms with Crippen molar-refractivity contribution in [1.82, 2.24) is 20.0 Å². The van der Waals surface area contributed by atoms with E-state index in [9.17, 15) is 4.79 Å². The highest BCUT2D eigenvalue weighted by molar-refractivity contribution is 6.33. The number of hydrogen-bond donors (Lipinski definition) is 0. The molecule has 3 heterocycles. The zero-order valence-corrected chi connectivity index (χ0v) is 18.5. The predicted molar refractivity (Wildman–Crippen MR) is 118 cm³/mol. The second-order valence-corrected chi connectivity index (χ2v) is 8.06. The summed E-state index contributed by atoms with van der Waals surface area (Å²) in [7, 11) is 3.77. The van der Waals surface area contributed by atoms with Crippen molar-refractivity contribution in [3.05, 3.63) is 53.0 Å². The summed E-state index contributed by atoms with van der Waals surface area (Å²) in [6.45, 7) is 2.81. The van der Waals surface area contributed by atoms with E-state index in [-0.39, 0.29) is 12.0 Å². The maximum absolute atomic E-state index is 13.5. The Balaban J connectivity index is 1.56. The normalized spacial score (nSPS) is 16.3. The Labute approximate surface area is 185 Å². The molecule has 1 aliphatic heterocycles. The lowest BCUT2D eigenvalue weighted by molar-refractivity contribution is 0.0527. The number of anilines is 1. The highest BCUT2D eigenvalue weighted by Gasteiger charge is 2.31. The number of nitrogens with zero attached hydrogens (tertiary/aromatic N) is 5. The molecule has 162 valence electrons. The number of halogens is 1. The van der Waals surface area contributed by atoms with Gasteiger partial charge >= 0.3 is 0 Å². The van der Waals surface area contributed by atoms with Crippen LogP contribution in [0.3, 0.4) is 0 Å². The van der Waals surface area contributed by atoms with Gasteiger partial charge < -0.3 is 19.1 Å². The summed E-state index contributed by atoms with van der Waals surface area (Å²) in [5, 5.41) is 4.64. The van der Waals surface area contributed by atoms with Crippen LogP contribution in [0.5, 0.6) is 5.88 Å². The van der Waals surface area contributed by atoms with Crippen molar-refractivity contribution >= 4 is 23.3 Å². The fraction of sp³-hybridized carbons (Fsp3) is 0.364. The molecule has 1 aliphatic rings. The van der Waals surface area contributed by atoms with E-state index in [0.29, 0.717) is 52.4 Å². The summed E-state index contributed by atoms with van der Waals surface area (Å²) in [6, 6.07) is 7.29. The third-order valence-electron chi connectivity index (χ3n) is 5.22. The van der Waals surface area contributed by atoms with Crippen molar-refractivity contribution in [2.45, 2.75) is 25.9 Å². The number of piperidine rings is 1. The van der Waals surface area contributed by atoms with Gasteiger partial charge in [0.05, 0.1) is 11.6 Å². The Bertz CT molecular complexity index is 1080. The second kappa shape index (κ2) is 8.93. The monoisotopic (exact) mass is 441 g/mol. The zero-order chi connectivity index (χ0) is 22.0. The molecular formula is C22H24ClN5O3. The van der Waals surface area contributed by atoms with Gasteiger partial charge in [-0.3, -0.25) is 4.79 Å². The third kappa shape index (κ3) is 4.34. The average Bonchev–Trinajstić information content (AvgIpc) is 3.15. The molecule has 3 aromatic rings. The first-order valence-corrected chi connectivity index (χ1v) is 10.5. The number of aryl methyl sites for hydroxylation is 1. The number of carbonyl (C=O) groups excluding carboxylic acids is 1. The van der Waals surface area contributed by atoms with E-state index >= 15 is 0 Å². The molecular weight excluding hydrogens is 418 g/mol. The third-order valence-corrected chi connectivity index (χ3v) is 5.55. The highest BCUT2D eigenvalue weighted by Crippen LogP contribution is 2.32. The summed E-state index contributed by atoms with van der Waals surface area (Å²) in [5.41, 5.74) is 1.56. The Kier molecular flexibility index (Phi) is 6.08. The van der Waals surface area contributed by atoms with Crippen molar-refractivity contribution in [3.63, 3.8) is 0 Å². The number of ether oxygens (including phenoxy) is 1. The molecule has 1 saturated heterocycles. The fourth-order valence-electron chi connectivity index (χ4n) is 3.70. The standard InChI is InChI=1S/C22H24ClN5O3/c1-14-18(19(26-31-14)16-8-4-5-9-17(16)23)22(29)28-12-6-7-15(13-28)30-21-20(27(2)3)24-10-11-25-21/h4-5,8-11,15H,6-7,12-13H2,1-3H3. The van der Waals surface area contributed by atoms with E-state index in [4.69, 9.17) is 20.9 Å². The molecule has 31 heavy (non-hydrogen) atoms. The van der Waals surface area contributed by atoms with Crippen molar-refractivity contribution in [3.8, 4) is 17.1 Å². The molecule has 0 spiro atoms. The van der Waals surface area contributed by atoms with Crippen LogP contribution in [-0.4, -0.2) is 59.2 Å². The molecule has 8 nitrogen and oxygen atoms in total. The highest BCUT2D eigenvalue weighted by atomic mass is 35.5. The van der Waals surface area contributed by atoms with Gasteiger partial charge in [-0.05, 0) is 25.8 Å². The summed E-state index contributed by atoms with van der Waals surface area (Å²) in [6.07, 6.45) is 4.69. The second-order valence-electron chi connectivity index (χ2n) is 7.65. The topological polar surface area (TPSA) is 84.6 Å². The van der Waals surface area contributed by atoms with Crippen LogP contribution in [0.15, 0.2) is 41.2 Å². The molecule has 0 N–H and O–H groups in total. The minimum absolute atomic E-state index is 0.144. The number of hydrogen-bond acceptors (Lipinski definition) is 7. The van der Waals surface area contributed by atoms with Crippen LogP contribution in [0.2, 0.25) is 5.02 Å². The summed E-state index contributed by atoms with van der Waals surface area (Å²) < 4.78 is 11.5. The molecule has 0 aliphatic carbocycles. The Hall–Kier alpha value is -3.13. The van der Waals surface area contributed by atoms with Gasteiger partial charge in [0.25, 0.3) is 11.8 Å². The van der Waals surface area contributed by atoms with E-state index in [2.05, 4.69) is 15.1 Å². The molecule has 2 aromatic heterocycles. The van der Waals surface area contributed by atoms with Gasteiger partial charge in [0.1, 0.15) is 23.1 Å². The number of rotatable bonds is 5. The van der Waals surface area contributed by atoms with Crippen LogP contribution < -0.4 is 9.64 Å². The van der Waals surface area contributed by atoms with Gasteiger partial charge in [-0.15, -0.1) is 0 Å². The summed E-state index contributed by atoms with van der Waals surface area (Å²) in [4.78, 5) is 25.7. The van der Waals surface area contributed by atoms with E-state index in [1.54, 1.807) is 30.3 Å². The van der Waals surface area contributed by atoms with Crippen molar-refractivity contribution in [2.75, 3.05) is 32.1 Å². The predicted octanol–water partition coefficient (Wildman–Crippen LogP) is 3.84. The molecule has 0 saturated carbocycles. The molecule has 9 heteroatoms. The maximum atomic E-state index is 13.5. The van der Waals surface area contributed by atoms with Gasteiger partial charge in [0.15, 0.2) is 5.82 Å². The largest absolute Gasteiger partial charge is 0.470 e. The van der Waals surface area contributed by atoms with Crippen LogP contribution in [-0.2, 0) is 0 Å². The fourth-order valence-corrected chi connectivity index (χ4v) is 3.93. The van der Waals surface area contributed by atoms with Gasteiger partial charge in [0, 0.05) is 38.6 Å². The minimum Gasteiger partial charge on any atom is -0.470 e. The summed E-state index contributed by atoms with van der Waals surface area (Å²) in [5.74, 6) is 1.44. The number of aromatic nitrogens is 3. The lowest BCUT2D eigenvalue weighted by atomic mass is 10.0. The minimum atomic E-state index is -0.183. The first kappa shape index (κ1) is 21.1. The van der Waals surface area contributed by atoms with E-state index < -0.39 is 0 Å². The molecule has 0 bridgehead atoms. The van der Waals surface area contributed by atoms with Gasteiger partial charge in [0.2, 0.25) is 0 Å². The van der Waals surface area contributed by atoms with E-state index in [1.165, 1.54) is 0 Å². The van der Waals surface area contributed by atoms with Crippen molar-refractivity contribution in [2.24, 2.45) is 0 Å².